The van der Waals surface area contributed by atoms with Gasteiger partial charge in [-0.15, -0.1) is 0 Å². The van der Waals surface area contributed by atoms with Gasteiger partial charge < -0.3 is 24.0 Å². The Hall–Kier alpha value is -2.59. The number of esters is 2. The third-order valence-electron chi connectivity index (χ3n) is 8.55. The molecule has 11 heteroatoms. The Morgan fingerprint density at radius 3 is 1.95 bits per heavy atom. The van der Waals surface area contributed by atoms with Crippen LogP contribution in [0.4, 0.5) is 0 Å². The summed E-state index contributed by atoms with van der Waals surface area (Å²) in [6.45, 7) is 4.10. The van der Waals surface area contributed by atoms with Crippen LogP contribution in [-0.4, -0.2) is 86.1 Å². The maximum Gasteiger partial charge on any atom is 0.472 e. The van der Waals surface area contributed by atoms with Crippen LogP contribution in [0.25, 0.3) is 0 Å². The van der Waals surface area contributed by atoms with E-state index in [0.29, 0.717) is 43.1 Å². The molecule has 0 aromatic rings. The highest BCUT2D eigenvalue weighted by Gasteiger charge is 2.27. The number of likely N-dealkylation sites (N-methyl/N-ethyl adjacent to an activating group) is 1. The largest absolute Gasteiger partial charge is 0.472 e. The molecule has 0 saturated carbocycles. The van der Waals surface area contributed by atoms with Crippen LogP contribution in [0.5, 0.6) is 0 Å². The smallest absolute Gasteiger partial charge is 0.462 e. The summed E-state index contributed by atoms with van der Waals surface area (Å²) in [6, 6.07) is 0. The number of allylic oxidation sites excluding steroid dienone is 10. The van der Waals surface area contributed by atoms with Gasteiger partial charge in [-0.2, -0.15) is 0 Å². The van der Waals surface area contributed by atoms with E-state index in [-0.39, 0.29) is 26.1 Å². The summed E-state index contributed by atoms with van der Waals surface area (Å²) in [5.41, 5.74) is 0. The number of carbonyl (C=O) groups excluding carboxylic acids is 2. The SMILES string of the molecule is CC/C=C\C/C=C\CC(O)/C=C/C=C\C/C=C\CCCC(=O)OC(COC(=O)CCCCCCC/C=C\CCCCCCC)COP(=O)(O)OCC[N+](C)(C)C. The van der Waals surface area contributed by atoms with Gasteiger partial charge in [-0.25, -0.2) is 4.57 Å². The van der Waals surface area contributed by atoms with E-state index in [0.717, 1.165) is 44.9 Å². The molecule has 322 valence electrons. The normalized spacial score (nSPS) is 14.9. The second-order valence-corrected chi connectivity index (χ2v) is 16.6. The van der Waals surface area contributed by atoms with Gasteiger partial charge in [0.25, 0.3) is 0 Å². The molecule has 0 rings (SSSR count). The van der Waals surface area contributed by atoms with Crippen LogP contribution >= 0.6 is 7.82 Å². The first-order valence-corrected chi connectivity index (χ1v) is 22.8. The van der Waals surface area contributed by atoms with E-state index in [2.05, 4.69) is 44.2 Å². The van der Waals surface area contributed by atoms with Crippen LogP contribution in [0.2, 0.25) is 0 Å². The summed E-state index contributed by atoms with van der Waals surface area (Å²) in [7, 11) is 1.38. The highest BCUT2D eigenvalue weighted by Crippen LogP contribution is 2.43. The molecule has 0 amide bonds. The lowest BCUT2D eigenvalue weighted by atomic mass is 10.1. The number of phosphoric ester groups is 1. The fourth-order valence-corrected chi connectivity index (χ4v) is 5.93. The Kier molecular flexibility index (Phi) is 35.0. The van der Waals surface area contributed by atoms with Crippen LogP contribution in [-0.2, 0) is 32.7 Å². The van der Waals surface area contributed by atoms with E-state index in [1.807, 2.05) is 57.6 Å². The van der Waals surface area contributed by atoms with Gasteiger partial charge in [0, 0.05) is 12.8 Å². The monoisotopic (exact) mass is 809 g/mol. The molecule has 0 spiro atoms. The predicted molar refractivity (Wildman–Crippen MR) is 230 cm³/mol. The van der Waals surface area contributed by atoms with Crippen molar-refractivity contribution >= 4 is 19.8 Å². The Labute approximate surface area is 341 Å². The van der Waals surface area contributed by atoms with Crippen molar-refractivity contribution < 1.29 is 47.2 Å². The summed E-state index contributed by atoms with van der Waals surface area (Å²) in [6.07, 6.45) is 41.3. The van der Waals surface area contributed by atoms with E-state index in [9.17, 15) is 24.2 Å². The van der Waals surface area contributed by atoms with Crippen LogP contribution < -0.4 is 0 Å². The first-order chi connectivity index (χ1) is 26.9. The number of hydrogen-bond acceptors (Lipinski definition) is 8. The molecule has 0 aliphatic heterocycles. The van der Waals surface area contributed by atoms with Crippen molar-refractivity contribution in [3.05, 3.63) is 72.9 Å². The number of hydrogen-bond donors (Lipinski definition) is 2. The molecule has 56 heavy (non-hydrogen) atoms. The van der Waals surface area contributed by atoms with Crippen molar-refractivity contribution in [2.24, 2.45) is 0 Å². The number of aliphatic hydroxyl groups is 1. The summed E-state index contributed by atoms with van der Waals surface area (Å²) < 4.78 is 34.1. The van der Waals surface area contributed by atoms with Crippen molar-refractivity contribution in [1.82, 2.24) is 0 Å². The minimum absolute atomic E-state index is 0.00515. The van der Waals surface area contributed by atoms with Crippen molar-refractivity contribution in [2.45, 2.75) is 154 Å². The Balaban J connectivity index is 4.58. The quantitative estimate of drug-likeness (QED) is 0.0157. The molecule has 0 aliphatic rings. The third kappa shape index (κ3) is 39.6. The van der Waals surface area contributed by atoms with E-state index in [4.69, 9.17) is 18.5 Å². The topological polar surface area (TPSA) is 129 Å². The number of ether oxygens (including phenoxy) is 2. The first-order valence-electron chi connectivity index (χ1n) is 21.3. The first kappa shape index (κ1) is 53.4. The van der Waals surface area contributed by atoms with E-state index >= 15 is 0 Å². The standard InChI is InChI=1S/C45H78NO9P/c1-6-8-10-12-14-15-16-17-18-19-20-24-28-32-36-44(48)52-40-43(41-54-56(50,51)53-39-38-46(3,4)5)55-45(49)37-33-29-25-22-21-23-27-31-35-42(47)34-30-26-13-11-9-7-2/h9,11,16-17,22-23,25-27,30-31,35,42-43,47H,6-8,10,12-15,18-21,24,28-29,32-34,36-41H2,1-5H3/p+1/b11-9-,17-16-,25-22-,27-23-,30-26-,35-31+. The van der Waals surface area contributed by atoms with E-state index in [1.54, 1.807) is 6.08 Å². The molecule has 3 unspecified atom stereocenters. The summed E-state index contributed by atoms with van der Waals surface area (Å²) in [5, 5.41) is 10.0. The van der Waals surface area contributed by atoms with Gasteiger partial charge in [-0.05, 0) is 70.6 Å². The number of carbonyl (C=O) groups is 2. The highest BCUT2D eigenvalue weighted by molar-refractivity contribution is 7.47. The van der Waals surface area contributed by atoms with Crippen LogP contribution in [0.1, 0.15) is 142 Å². The zero-order valence-corrected chi connectivity index (χ0v) is 36.6. The lowest BCUT2D eigenvalue weighted by Gasteiger charge is -2.24. The van der Waals surface area contributed by atoms with Crippen molar-refractivity contribution in [3.63, 3.8) is 0 Å². The number of unbranched alkanes of at least 4 members (excludes halogenated alkanes) is 11. The zero-order chi connectivity index (χ0) is 41.6. The predicted octanol–water partition coefficient (Wildman–Crippen LogP) is 10.8. The molecule has 10 nitrogen and oxygen atoms in total. The molecular weight excluding hydrogens is 729 g/mol. The Bertz CT molecular complexity index is 1200. The second kappa shape index (κ2) is 36.7. The Morgan fingerprint density at radius 1 is 0.661 bits per heavy atom. The zero-order valence-electron chi connectivity index (χ0n) is 35.7. The number of nitrogens with zero attached hydrogens (tertiary/aromatic N) is 1. The van der Waals surface area contributed by atoms with E-state index < -0.39 is 38.6 Å². The maximum absolute atomic E-state index is 12.7. The molecule has 0 aromatic heterocycles. The fraction of sp³-hybridized carbons (Fsp3) is 0.689. The molecule has 0 bridgehead atoms. The number of aliphatic hydroxyl groups excluding tert-OH is 1. The molecule has 0 aromatic carbocycles. The summed E-state index contributed by atoms with van der Waals surface area (Å²) in [4.78, 5) is 35.3. The summed E-state index contributed by atoms with van der Waals surface area (Å²) >= 11 is 0. The maximum atomic E-state index is 12.7. The number of rotatable bonds is 37. The minimum Gasteiger partial charge on any atom is -0.462 e. The highest BCUT2D eigenvalue weighted by atomic mass is 31.2. The van der Waals surface area contributed by atoms with Gasteiger partial charge in [0.1, 0.15) is 19.8 Å². The molecule has 0 saturated heterocycles. The van der Waals surface area contributed by atoms with Crippen molar-refractivity contribution in [2.75, 3.05) is 47.5 Å². The average molecular weight is 809 g/mol. The van der Waals surface area contributed by atoms with Crippen molar-refractivity contribution in [1.29, 1.82) is 0 Å². The Morgan fingerprint density at radius 2 is 1.25 bits per heavy atom. The molecule has 2 N–H and O–H groups in total. The lowest BCUT2D eigenvalue weighted by molar-refractivity contribution is -0.870. The van der Waals surface area contributed by atoms with Crippen molar-refractivity contribution in [3.8, 4) is 0 Å². The molecule has 3 atom stereocenters. The average Bonchev–Trinajstić information content (AvgIpc) is 3.14. The molecular formula is C45H79NO9P+. The molecule has 0 fully saturated rings. The van der Waals surface area contributed by atoms with Crippen LogP contribution in [0, 0.1) is 0 Å². The fourth-order valence-electron chi connectivity index (χ4n) is 5.19. The second-order valence-electron chi connectivity index (χ2n) is 15.2. The van der Waals surface area contributed by atoms with Gasteiger partial charge >= 0.3 is 19.8 Å². The van der Waals surface area contributed by atoms with Gasteiger partial charge in [-0.1, -0.05) is 132 Å². The van der Waals surface area contributed by atoms with Crippen LogP contribution in [0.3, 0.4) is 0 Å². The van der Waals surface area contributed by atoms with Crippen LogP contribution in [0.15, 0.2) is 72.9 Å². The van der Waals surface area contributed by atoms with E-state index in [1.165, 1.54) is 38.5 Å². The third-order valence-corrected chi connectivity index (χ3v) is 9.54. The minimum atomic E-state index is -4.41. The van der Waals surface area contributed by atoms with Gasteiger partial charge in [0.15, 0.2) is 6.10 Å². The van der Waals surface area contributed by atoms with Gasteiger partial charge in [0.2, 0.25) is 0 Å². The molecule has 0 aliphatic carbocycles. The lowest BCUT2D eigenvalue weighted by Crippen LogP contribution is -2.37. The van der Waals surface area contributed by atoms with Gasteiger partial charge in [0.05, 0.1) is 33.9 Å². The number of phosphoric acid groups is 1. The molecule has 0 radical (unpaired) electrons. The number of quaternary nitrogens is 1. The summed E-state index contributed by atoms with van der Waals surface area (Å²) in [5.74, 6) is -0.923. The van der Waals surface area contributed by atoms with Gasteiger partial charge in [-0.3, -0.25) is 18.6 Å². The molecule has 0 heterocycles.